The van der Waals surface area contributed by atoms with Gasteiger partial charge in [-0.2, -0.15) is 0 Å². The maximum atomic E-state index is 9.91. The Morgan fingerprint density at radius 1 is 0.941 bits per heavy atom. The fourth-order valence-corrected chi connectivity index (χ4v) is 2.61. The molecule has 0 saturated carbocycles. The van der Waals surface area contributed by atoms with E-state index in [0.29, 0.717) is 0 Å². The minimum atomic E-state index is -0.183. The van der Waals surface area contributed by atoms with Gasteiger partial charge in [0.15, 0.2) is 0 Å². The molecule has 2 rings (SSSR count). The molecule has 0 aliphatic heterocycles. The van der Waals surface area contributed by atoms with Gasteiger partial charge in [-0.25, -0.2) is 0 Å². The highest BCUT2D eigenvalue weighted by molar-refractivity contribution is 7.09. The molecule has 0 spiro atoms. The van der Waals surface area contributed by atoms with Crippen LogP contribution in [0, 0.1) is 0 Å². The predicted molar refractivity (Wildman–Crippen MR) is 73.4 cm³/mol. The first kappa shape index (κ1) is 12.3. The van der Waals surface area contributed by atoms with Crippen LogP contribution < -0.4 is 0 Å². The van der Waals surface area contributed by atoms with Gasteiger partial charge in [-0.3, -0.25) is 0 Å². The highest BCUT2D eigenvalue weighted by atomic mass is 32.1. The van der Waals surface area contributed by atoms with Gasteiger partial charge < -0.3 is 5.11 Å². The molecule has 0 radical (unpaired) electrons. The molecule has 1 N–H and O–H groups in total. The third kappa shape index (κ3) is 4.33. The van der Waals surface area contributed by atoms with Crippen molar-refractivity contribution in [1.29, 1.82) is 0 Å². The summed E-state index contributed by atoms with van der Waals surface area (Å²) in [6, 6.07) is 14.6. The lowest BCUT2D eigenvalue weighted by molar-refractivity contribution is 0.155. The van der Waals surface area contributed by atoms with Gasteiger partial charge >= 0.3 is 0 Å². The third-order valence-electron chi connectivity index (χ3n) is 2.91. The van der Waals surface area contributed by atoms with Crippen molar-refractivity contribution in [2.24, 2.45) is 0 Å². The zero-order valence-electron chi connectivity index (χ0n) is 9.88. The van der Waals surface area contributed by atoms with Gasteiger partial charge in [0.05, 0.1) is 6.10 Å². The third-order valence-corrected chi connectivity index (χ3v) is 3.85. The highest BCUT2D eigenvalue weighted by Gasteiger charge is 2.05. The number of rotatable bonds is 6. The van der Waals surface area contributed by atoms with E-state index in [1.54, 1.807) is 11.3 Å². The Bertz CT molecular complexity index is 408. The Labute approximate surface area is 107 Å². The van der Waals surface area contributed by atoms with Crippen LogP contribution >= 0.6 is 11.3 Å². The molecule has 0 fully saturated rings. The topological polar surface area (TPSA) is 20.2 Å². The van der Waals surface area contributed by atoms with Crippen molar-refractivity contribution in [2.75, 3.05) is 0 Å². The number of hydrogen-bond acceptors (Lipinski definition) is 2. The molecule has 90 valence electrons. The van der Waals surface area contributed by atoms with Gasteiger partial charge in [0.2, 0.25) is 0 Å². The number of aryl methyl sites for hydroxylation is 2. The van der Waals surface area contributed by atoms with Crippen LogP contribution in [-0.4, -0.2) is 11.2 Å². The number of hydrogen-bond donors (Lipinski definition) is 1. The zero-order valence-corrected chi connectivity index (χ0v) is 10.7. The second-order valence-electron chi connectivity index (χ2n) is 4.30. The number of aliphatic hydroxyl groups is 1. The summed E-state index contributed by atoms with van der Waals surface area (Å²) < 4.78 is 0. The van der Waals surface area contributed by atoms with Crippen LogP contribution in [0.3, 0.4) is 0 Å². The van der Waals surface area contributed by atoms with Crippen molar-refractivity contribution < 1.29 is 5.11 Å². The van der Waals surface area contributed by atoms with Gasteiger partial charge in [0.1, 0.15) is 0 Å². The first-order valence-electron chi connectivity index (χ1n) is 6.09. The van der Waals surface area contributed by atoms with Crippen LogP contribution in [0.2, 0.25) is 0 Å². The van der Waals surface area contributed by atoms with Crippen LogP contribution in [0.15, 0.2) is 47.8 Å². The molecule has 0 amide bonds. The second-order valence-corrected chi connectivity index (χ2v) is 5.33. The summed E-state index contributed by atoms with van der Waals surface area (Å²) >= 11 is 1.77. The number of benzene rings is 1. The number of aliphatic hydroxyl groups excluding tert-OH is 1. The van der Waals surface area contributed by atoms with E-state index in [1.165, 1.54) is 10.4 Å². The van der Waals surface area contributed by atoms with E-state index in [-0.39, 0.29) is 6.10 Å². The molecule has 0 aliphatic carbocycles. The number of thiophene rings is 1. The molecule has 1 atom stereocenters. The summed E-state index contributed by atoms with van der Waals surface area (Å²) in [7, 11) is 0. The smallest absolute Gasteiger partial charge is 0.0546 e. The van der Waals surface area contributed by atoms with Crippen molar-refractivity contribution in [3.05, 3.63) is 58.3 Å². The summed E-state index contributed by atoms with van der Waals surface area (Å²) in [5, 5.41) is 12.0. The monoisotopic (exact) mass is 246 g/mol. The average Bonchev–Trinajstić information content (AvgIpc) is 2.88. The molecule has 17 heavy (non-hydrogen) atoms. The Hall–Kier alpha value is -1.12. The summed E-state index contributed by atoms with van der Waals surface area (Å²) in [5.74, 6) is 0. The van der Waals surface area contributed by atoms with Crippen LogP contribution in [-0.2, 0) is 12.8 Å². The largest absolute Gasteiger partial charge is 0.393 e. The Balaban J connectivity index is 1.69. The highest BCUT2D eigenvalue weighted by Crippen LogP contribution is 2.14. The van der Waals surface area contributed by atoms with Gasteiger partial charge in [0, 0.05) is 4.88 Å². The van der Waals surface area contributed by atoms with Crippen LogP contribution in [0.4, 0.5) is 0 Å². The van der Waals surface area contributed by atoms with Crippen molar-refractivity contribution in [2.45, 2.75) is 31.8 Å². The lowest BCUT2D eigenvalue weighted by Crippen LogP contribution is -2.08. The molecule has 0 bridgehead atoms. The molecule has 1 nitrogen and oxygen atoms in total. The van der Waals surface area contributed by atoms with Crippen molar-refractivity contribution in [3.8, 4) is 0 Å². The molecular weight excluding hydrogens is 228 g/mol. The van der Waals surface area contributed by atoms with Crippen LogP contribution in [0.5, 0.6) is 0 Å². The predicted octanol–water partition coefficient (Wildman–Crippen LogP) is 3.67. The Morgan fingerprint density at radius 2 is 1.71 bits per heavy atom. The van der Waals surface area contributed by atoms with E-state index in [4.69, 9.17) is 0 Å². The van der Waals surface area contributed by atoms with Crippen molar-refractivity contribution >= 4 is 11.3 Å². The summed E-state index contributed by atoms with van der Waals surface area (Å²) in [6.07, 6.45) is 3.50. The zero-order chi connectivity index (χ0) is 11.9. The van der Waals surface area contributed by atoms with Crippen LogP contribution in [0.1, 0.15) is 23.3 Å². The quantitative estimate of drug-likeness (QED) is 0.824. The van der Waals surface area contributed by atoms with E-state index in [1.807, 2.05) is 18.2 Å². The molecule has 2 aromatic rings. The van der Waals surface area contributed by atoms with Crippen LogP contribution in [0.25, 0.3) is 0 Å². The summed E-state index contributed by atoms with van der Waals surface area (Å²) in [5.41, 5.74) is 1.31. The standard InChI is InChI=1S/C15H18OS/c16-14(10-11-15-7-4-12-17-15)9-8-13-5-2-1-3-6-13/h1-7,12,14,16H,8-11H2. The van der Waals surface area contributed by atoms with Gasteiger partial charge in [0.25, 0.3) is 0 Å². The molecule has 1 heterocycles. The van der Waals surface area contributed by atoms with E-state index in [2.05, 4.69) is 29.6 Å². The van der Waals surface area contributed by atoms with E-state index in [0.717, 1.165) is 25.7 Å². The van der Waals surface area contributed by atoms with Gasteiger partial charge in [-0.05, 0) is 42.7 Å². The molecule has 2 heteroatoms. The van der Waals surface area contributed by atoms with Crippen molar-refractivity contribution in [1.82, 2.24) is 0 Å². The maximum absolute atomic E-state index is 9.91. The minimum absolute atomic E-state index is 0.183. The van der Waals surface area contributed by atoms with E-state index in [9.17, 15) is 5.11 Å². The average molecular weight is 246 g/mol. The normalized spacial score (nSPS) is 12.5. The summed E-state index contributed by atoms with van der Waals surface area (Å²) in [6.45, 7) is 0. The Morgan fingerprint density at radius 3 is 2.41 bits per heavy atom. The van der Waals surface area contributed by atoms with E-state index >= 15 is 0 Å². The van der Waals surface area contributed by atoms with E-state index < -0.39 is 0 Å². The molecule has 1 unspecified atom stereocenters. The molecule has 1 aromatic carbocycles. The minimum Gasteiger partial charge on any atom is -0.393 e. The SMILES string of the molecule is OC(CCc1ccccc1)CCc1cccs1. The van der Waals surface area contributed by atoms with Gasteiger partial charge in [-0.1, -0.05) is 36.4 Å². The molecule has 1 aromatic heterocycles. The fourth-order valence-electron chi connectivity index (χ4n) is 1.89. The first-order valence-corrected chi connectivity index (χ1v) is 6.97. The maximum Gasteiger partial charge on any atom is 0.0546 e. The Kier molecular flexibility index (Phi) is 4.77. The fraction of sp³-hybridized carbons (Fsp3) is 0.333. The summed E-state index contributed by atoms with van der Waals surface area (Å²) in [4.78, 5) is 1.36. The first-order chi connectivity index (χ1) is 8.34. The van der Waals surface area contributed by atoms with Gasteiger partial charge in [-0.15, -0.1) is 11.3 Å². The lowest BCUT2D eigenvalue weighted by atomic mass is 10.0. The molecule has 0 aliphatic rings. The molecular formula is C15H18OS. The molecule has 0 saturated heterocycles. The second kappa shape index (κ2) is 6.58. The van der Waals surface area contributed by atoms with Crippen molar-refractivity contribution in [3.63, 3.8) is 0 Å². The lowest BCUT2D eigenvalue weighted by Gasteiger charge is -2.09.